The van der Waals surface area contributed by atoms with Crippen molar-refractivity contribution in [3.63, 3.8) is 0 Å². The van der Waals surface area contributed by atoms with Crippen LogP contribution in [0.2, 0.25) is 0 Å². The Morgan fingerprint density at radius 1 is 1.20 bits per heavy atom. The monoisotopic (exact) mass is 276 g/mol. The van der Waals surface area contributed by atoms with Crippen molar-refractivity contribution in [2.75, 3.05) is 24.2 Å². The van der Waals surface area contributed by atoms with Gasteiger partial charge < -0.3 is 15.8 Å². The van der Waals surface area contributed by atoms with E-state index in [1.807, 2.05) is 6.92 Å². The Hall–Kier alpha value is -1.36. The van der Waals surface area contributed by atoms with Crippen molar-refractivity contribution in [3.05, 3.63) is 11.4 Å². The standard InChI is InChI=1S/C15H24N4O/c1-10-13(16)18-15(11-6-7-11)19-14(10)17-8-9-20-12-4-2-3-5-12/h11-12H,2-9H2,1H3,(H3,16,17,18,19). The quantitative estimate of drug-likeness (QED) is 0.781. The van der Waals surface area contributed by atoms with Crippen molar-refractivity contribution in [2.45, 2.75) is 57.5 Å². The van der Waals surface area contributed by atoms with Gasteiger partial charge in [-0.3, -0.25) is 0 Å². The zero-order chi connectivity index (χ0) is 13.9. The summed E-state index contributed by atoms with van der Waals surface area (Å²) >= 11 is 0. The van der Waals surface area contributed by atoms with Crippen LogP contribution >= 0.6 is 0 Å². The van der Waals surface area contributed by atoms with Crippen molar-refractivity contribution in [3.8, 4) is 0 Å². The van der Waals surface area contributed by atoms with Crippen LogP contribution in [0, 0.1) is 6.92 Å². The predicted molar refractivity (Wildman–Crippen MR) is 79.9 cm³/mol. The second-order valence-electron chi connectivity index (χ2n) is 5.92. The molecule has 3 rings (SSSR count). The van der Waals surface area contributed by atoms with Gasteiger partial charge in [-0.2, -0.15) is 0 Å². The Labute approximate surface area is 120 Å². The van der Waals surface area contributed by atoms with E-state index in [1.165, 1.54) is 38.5 Å². The number of ether oxygens (including phenoxy) is 1. The Morgan fingerprint density at radius 2 is 1.95 bits per heavy atom. The number of nitrogens with two attached hydrogens (primary N) is 1. The van der Waals surface area contributed by atoms with E-state index in [2.05, 4.69) is 15.3 Å². The molecule has 2 aliphatic rings. The molecule has 3 N–H and O–H groups in total. The first kappa shape index (κ1) is 13.6. The van der Waals surface area contributed by atoms with Gasteiger partial charge in [0.1, 0.15) is 17.5 Å². The minimum Gasteiger partial charge on any atom is -0.383 e. The third-order valence-corrected chi connectivity index (χ3v) is 4.19. The number of rotatable bonds is 6. The van der Waals surface area contributed by atoms with Crippen LogP contribution in [-0.2, 0) is 4.74 Å². The van der Waals surface area contributed by atoms with Crippen LogP contribution < -0.4 is 11.1 Å². The third kappa shape index (κ3) is 3.20. The van der Waals surface area contributed by atoms with E-state index in [4.69, 9.17) is 10.5 Å². The first-order valence-electron chi connectivity index (χ1n) is 7.73. The molecule has 0 aromatic carbocycles. The molecule has 0 aliphatic heterocycles. The maximum atomic E-state index is 5.97. The second-order valence-corrected chi connectivity index (χ2v) is 5.92. The number of hydrogen-bond donors (Lipinski definition) is 2. The molecule has 1 aromatic rings. The molecule has 2 aliphatic carbocycles. The number of nitrogen functional groups attached to an aromatic ring is 1. The van der Waals surface area contributed by atoms with Crippen LogP contribution in [0.15, 0.2) is 0 Å². The van der Waals surface area contributed by atoms with Crippen LogP contribution in [0.4, 0.5) is 11.6 Å². The zero-order valence-corrected chi connectivity index (χ0v) is 12.2. The molecule has 2 fully saturated rings. The fourth-order valence-corrected chi connectivity index (χ4v) is 2.70. The first-order valence-corrected chi connectivity index (χ1v) is 7.73. The van der Waals surface area contributed by atoms with Crippen molar-refractivity contribution in [1.82, 2.24) is 9.97 Å². The van der Waals surface area contributed by atoms with E-state index in [1.54, 1.807) is 0 Å². The molecule has 1 aromatic heterocycles. The lowest BCUT2D eigenvalue weighted by atomic mass is 10.3. The minimum atomic E-state index is 0.468. The number of nitrogens with zero attached hydrogens (tertiary/aromatic N) is 2. The largest absolute Gasteiger partial charge is 0.383 e. The Balaban J connectivity index is 1.53. The van der Waals surface area contributed by atoms with Gasteiger partial charge in [0.05, 0.1) is 12.7 Å². The summed E-state index contributed by atoms with van der Waals surface area (Å²) in [4.78, 5) is 8.99. The molecule has 0 bridgehead atoms. The molecule has 20 heavy (non-hydrogen) atoms. The fraction of sp³-hybridized carbons (Fsp3) is 0.733. The van der Waals surface area contributed by atoms with Crippen molar-refractivity contribution < 1.29 is 4.74 Å². The number of aromatic nitrogens is 2. The van der Waals surface area contributed by atoms with E-state index in [0.29, 0.717) is 17.8 Å². The summed E-state index contributed by atoms with van der Waals surface area (Å²) in [5, 5.41) is 3.34. The van der Waals surface area contributed by atoms with Crippen LogP contribution in [0.3, 0.4) is 0 Å². The molecular formula is C15H24N4O. The van der Waals surface area contributed by atoms with Crippen molar-refractivity contribution >= 4 is 11.6 Å². The van der Waals surface area contributed by atoms with E-state index in [-0.39, 0.29) is 0 Å². The van der Waals surface area contributed by atoms with Gasteiger partial charge >= 0.3 is 0 Å². The van der Waals surface area contributed by atoms with Crippen molar-refractivity contribution in [2.24, 2.45) is 0 Å². The Morgan fingerprint density at radius 3 is 2.65 bits per heavy atom. The summed E-state index contributed by atoms with van der Waals surface area (Å²) in [6.07, 6.45) is 7.89. The molecule has 2 saturated carbocycles. The molecule has 5 nitrogen and oxygen atoms in total. The average Bonchev–Trinajstić information content (AvgIpc) is 3.16. The summed E-state index contributed by atoms with van der Waals surface area (Å²) in [5.41, 5.74) is 6.91. The summed E-state index contributed by atoms with van der Waals surface area (Å²) in [5.74, 6) is 2.89. The summed E-state index contributed by atoms with van der Waals surface area (Å²) in [6.45, 7) is 3.47. The highest BCUT2D eigenvalue weighted by Gasteiger charge is 2.27. The Bertz CT molecular complexity index is 467. The fourth-order valence-electron chi connectivity index (χ4n) is 2.70. The van der Waals surface area contributed by atoms with E-state index >= 15 is 0 Å². The van der Waals surface area contributed by atoms with Crippen LogP contribution in [0.25, 0.3) is 0 Å². The van der Waals surface area contributed by atoms with Gasteiger partial charge in [-0.15, -0.1) is 0 Å². The summed E-state index contributed by atoms with van der Waals surface area (Å²) in [6, 6.07) is 0. The van der Waals surface area contributed by atoms with E-state index in [9.17, 15) is 0 Å². The molecule has 110 valence electrons. The topological polar surface area (TPSA) is 73.1 Å². The van der Waals surface area contributed by atoms with Crippen LogP contribution in [0.5, 0.6) is 0 Å². The highest BCUT2D eigenvalue weighted by Crippen LogP contribution is 2.39. The predicted octanol–water partition coefficient (Wildman–Crippen LogP) is 2.62. The van der Waals surface area contributed by atoms with Gasteiger partial charge in [-0.1, -0.05) is 12.8 Å². The molecule has 5 heteroatoms. The SMILES string of the molecule is Cc1c(N)nc(C2CC2)nc1NCCOC1CCCC1. The molecule has 0 atom stereocenters. The summed E-state index contributed by atoms with van der Waals surface area (Å²) in [7, 11) is 0. The second kappa shape index (κ2) is 5.95. The third-order valence-electron chi connectivity index (χ3n) is 4.19. The first-order chi connectivity index (χ1) is 9.74. The van der Waals surface area contributed by atoms with E-state index in [0.717, 1.165) is 30.4 Å². The molecule has 0 saturated heterocycles. The number of hydrogen-bond acceptors (Lipinski definition) is 5. The normalized spacial score (nSPS) is 19.4. The van der Waals surface area contributed by atoms with Crippen molar-refractivity contribution in [1.29, 1.82) is 0 Å². The highest BCUT2D eigenvalue weighted by molar-refractivity contribution is 5.55. The summed E-state index contributed by atoms with van der Waals surface area (Å²) < 4.78 is 5.85. The minimum absolute atomic E-state index is 0.468. The zero-order valence-electron chi connectivity index (χ0n) is 12.2. The van der Waals surface area contributed by atoms with Crippen LogP contribution in [-0.4, -0.2) is 29.2 Å². The molecule has 0 spiro atoms. The number of nitrogens with one attached hydrogen (secondary N) is 1. The van der Waals surface area contributed by atoms with Gasteiger partial charge in [0, 0.05) is 18.0 Å². The lowest BCUT2D eigenvalue weighted by Gasteiger charge is -2.14. The molecular weight excluding hydrogens is 252 g/mol. The maximum Gasteiger partial charge on any atom is 0.136 e. The maximum absolute atomic E-state index is 5.97. The smallest absolute Gasteiger partial charge is 0.136 e. The molecule has 1 heterocycles. The van der Waals surface area contributed by atoms with Gasteiger partial charge in [-0.25, -0.2) is 9.97 Å². The molecule has 0 amide bonds. The lowest BCUT2D eigenvalue weighted by Crippen LogP contribution is -2.17. The Kier molecular flexibility index (Phi) is 4.05. The van der Waals surface area contributed by atoms with Gasteiger partial charge in [0.15, 0.2) is 0 Å². The van der Waals surface area contributed by atoms with Crippen LogP contribution in [0.1, 0.15) is 55.8 Å². The van der Waals surface area contributed by atoms with Gasteiger partial charge in [0.2, 0.25) is 0 Å². The van der Waals surface area contributed by atoms with Gasteiger partial charge in [-0.05, 0) is 32.6 Å². The van der Waals surface area contributed by atoms with E-state index < -0.39 is 0 Å². The molecule has 0 radical (unpaired) electrons. The number of anilines is 2. The lowest BCUT2D eigenvalue weighted by molar-refractivity contribution is 0.0658. The highest BCUT2D eigenvalue weighted by atomic mass is 16.5. The average molecular weight is 276 g/mol. The molecule has 0 unspecified atom stereocenters. The van der Waals surface area contributed by atoms with Gasteiger partial charge in [0.25, 0.3) is 0 Å².